The highest BCUT2D eigenvalue weighted by molar-refractivity contribution is 9.10. The Morgan fingerprint density at radius 2 is 2.22 bits per heavy atom. The molecule has 2 rings (SSSR count). The van der Waals surface area contributed by atoms with E-state index in [1.807, 2.05) is 7.05 Å². The van der Waals surface area contributed by atoms with Crippen molar-refractivity contribution >= 4 is 44.7 Å². The quantitative estimate of drug-likeness (QED) is 0.908. The topological polar surface area (TPSA) is 50.7 Å². The number of anilines is 1. The molecular weight excluding hydrogens is 336 g/mol. The van der Waals surface area contributed by atoms with Crippen LogP contribution in [0, 0.1) is 0 Å². The summed E-state index contributed by atoms with van der Waals surface area (Å²) in [7, 11) is 1.83. The van der Waals surface area contributed by atoms with Crippen molar-refractivity contribution in [2.24, 2.45) is 0 Å². The van der Waals surface area contributed by atoms with Gasteiger partial charge >= 0.3 is 0 Å². The Kier molecular flexibility index (Phi) is 4.53. The van der Waals surface area contributed by atoms with Gasteiger partial charge in [0.05, 0.1) is 16.4 Å². The molecule has 96 valence electrons. The largest absolute Gasteiger partial charge is 0.372 e. The second kappa shape index (κ2) is 5.95. The van der Waals surface area contributed by atoms with Crippen LogP contribution in [0.5, 0.6) is 0 Å². The standard InChI is InChI=1S/C11H12BrClN4S/c1-3-4-6-8(12)9(14-2)17-10(16-6)11-15-5-7(13)18-11/h5H,3-4H2,1-2H3,(H,14,16,17). The van der Waals surface area contributed by atoms with Crippen molar-refractivity contribution < 1.29 is 0 Å². The number of hydrogen-bond acceptors (Lipinski definition) is 5. The third-order valence-electron chi connectivity index (χ3n) is 2.31. The molecule has 0 spiro atoms. The van der Waals surface area contributed by atoms with Crippen LogP contribution in [0.3, 0.4) is 0 Å². The lowest BCUT2D eigenvalue weighted by atomic mass is 10.2. The molecule has 0 saturated carbocycles. The third-order valence-corrected chi connectivity index (χ3v) is 4.26. The van der Waals surface area contributed by atoms with Gasteiger partial charge in [0.15, 0.2) is 10.8 Å². The molecule has 0 atom stereocenters. The molecule has 0 aliphatic carbocycles. The summed E-state index contributed by atoms with van der Waals surface area (Å²) in [4.78, 5) is 13.2. The Morgan fingerprint density at radius 3 is 2.78 bits per heavy atom. The average Bonchev–Trinajstić information content (AvgIpc) is 2.79. The highest BCUT2D eigenvalue weighted by Gasteiger charge is 2.14. The van der Waals surface area contributed by atoms with E-state index in [2.05, 4.69) is 43.1 Å². The first-order valence-corrected chi connectivity index (χ1v) is 7.50. The predicted octanol–water partition coefficient (Wildman–Crippen LogP) is 4.01. The predicted molar refractivity (Wildman–Crippen MR) is 79.4 cm³/mol. The van der Waals surface area contributed by atoms with Crippen LogP contribution in [0.1, 0.15) is 19.0 Å². The summed E-state index contributed by atoms with van der Waals surface area (Å²) in [6.07, 6.45) is 3.53. The fraction of sp³-hybridized carbons (Fsp3) is 0.364. The van der Waals surface area contributed by atoms with Crippen molar-refractivity contribution in [3.63, 3.8) is 0 Å². The number of halogens is 2. The van der Waals surface area contributed by atoms with Crippen molar-refractivity contribution in [2.75, 3.05) is 12.4 Å². The van der Waals surface area contributed by atoms with Crippen LogP contribution in [0.15, 0.2) is 10.7 Å². The molecule has 1 N–H and O–H groups in total. The number of rotatable bonds is 4. The van der Waals surface area contributed by atoms with E-state index in [0.29, 0.717) is 10.2 Å². The van der Waals surface area contributed by atoms with Crippen LogP contribution < -0.4 is 5.32 Å². The highest BCUT2D eigenvalue weighted by atomic mass is 79.9. The first-order valence-electron chi connectivity index (χ1n) is 5.51. The fourth-order valence-electron chi connectivity index (χ4n) is 1.52. The third kappa shape index (κ3) is 2.81. The Hall–Kier alpha value is -0.720. The molecule has 0 bridgehead atoms. The maximum absolute atomic E-state index is 5.89. The number of nitrogens with one attached hydrogen (secondary N) is 1. The second-order valence-electron chi connectivity index (χ2n) is 3.63. The molecule has 7 heteroatoms. The van der Waals surface area contributed by atoms with Crippen molar-refractivity contribution in [3.8, 4) is 10.8 Å². The van der Waals surface area contributed by atoms with Gasteiger partial charge < -0.3 is 5.32 Å². The zero-order valence-corrected chi connectivity index (χ0v) is 13.2. The van der Waals surface area contributed by atoms with Crippen LogP contribution in [-0.4, -0.2) is 22.0 Å². The molecule has 0 radical (unpaired) electrons. The van der Waals surface area contributed by atoms with Crippen LogP contribution in [0.2, 0.25) is 4.34 Å². The second-order valence-corrected chi connectivity index (χ2v) is 6.08. The summed E-state index contributed by atoms with van der Waals surface area (Å²) in [5, 5.41) is 3.79. The highest BCUT2D eigenvalue weighted by Crippen LogP contribution is 2.30. The molecule has 0 aliphatic heterocycles. The van der Waals surface area contributed by atoms with Crippen LogP contribution in [0.4, 0.5) is 5.82 Å². The summed E-state index contributed by atoms with van der Waals surface area (Å²) >= 11 is 10.8. The van der Waals surface area contributed by atoms with Gasteiger partial charge in [-0.2, -0.15) is 0 Å². The Morgan fingerprint density at radius 1 is 1.44 bits per heavy atom. The molecule has 4 nitrogen and oxygen atoms in total. The van der Waals surface area contributed by atoms with E-state index in [-0.39, 0.29) is 0 Å². The molecule has 2 aromatic heterocycles. The van der Waals surface area contributed by atoms with Gasteiger partial charge in [0, 0.05) is 7.05 Å². The van der Waals surface area contributed by atoms with Gasteiger partial charge in [0.25, 0.3) is 0 Å². The molecule has 18 heavy (non-hydrogen) atoms. The molecule has 0 unspecified atom stereocenters. The maximum Gasteiger partial charge on any atom is 0.191 e. The lowest BCUT2D eigenvalue weighted by Gasteiger charge is -2.09. The Balaban J connectivity index is 2.51. The molecule has 2 aromatic rings. The van der Waals surface area contributed by atoms with Crippen molar-refractivity contribution in [3.05, 3.63) is 20.7 Å². The minimum absolute atomic E-state index is 0.614. The fourth-order valence-corrected chi connectivity index (χ4v) is 2.94. The van der Waals surface area contributed by atoms with Gasteiger partial charge in [-0.05, 0) is 22.4 Å². The monoisotopic (exact) mass is 346 g/mol. The van der Waals surface area contributed by atoms with E-state index in [1.54, 1.807) is 6.20 Å². The SMILES string of the molecule is CCCc1nc(-c2ncc(Cl)s2)nc(NC)c1Br. The Labute approximate surface area is 123 Å². The molecule has 0 fully saturated rings. The van der Waals surface area contributed by atoms with Gasteiger partial charge in [-0.15, -0.1) is 0 Å². The normalized spacial score (nSPS) is 10.7. The van der Waals surface area contributed by atoms with Gasteiger partial charge in [-0.1, -0.05) is 36.3 Å². The smallest absolute Gasteiger partial charge is 0.191 e. The first-order chi connectivity index (χ1) is 8.65. The van der Waals surface area contributed by atoms with Crippen molar-refractivity contribution in [1.29, 1.82) is 0 Å². The number of nitrogens with zero attached hydrogens (tertiary/aromatic N) is 3. The van der Waals surface area contributed by atoms with E-state index in [0.717, 1.165) is 33.8 Å². The van der Waals surface area contributed by atoms with Crippen LogP contribution in [-0.2, 0) is 6.42 Å². The van der Waals surface area contributed by atoms with Crippen LogP contribution >= 0.6 is 38.9 Å². The zero-order valence-electron chi connectivity index (χ0n) is 10.00. The van der Waals surface area contributed by atoms with Gasteiger partial charge in [0.2, 0.25) is 0 Å². The van der Waals surface area contributed by atoms with Crippen LogP contribution in [0.25, 0.3) is 10.8 Å². The molecule has 2 heterocycles. The Bertz CT molecular complexity index is 558. The van der Waals surface area contributed by atoms with E-state index >= 15 is 0 Å². The van der Waals surface area contributed by atoms with E-state index in [1.165, 1.54) is 11.3 Å². The number of hydrogen-bond donors (Lipinski definition) is 1. The van der Waals surface area contributed by atoms with Crippen molar-refractivity contribution in [1.82, 2.24) is 15.0 Å². The number of thiazole rings is 1. The summed E-state index contributed by atoms with van der Waals surface area (Å²) in [6.45, 7) is 2.12. The summed E-state index contributed by atoms with van der Waals surface area (Å²) in [6, 6.07) is 0. The van der Waals surface area contributed by atoms with E-state index in [9.17, 15) is 0 Å². The molecule has 0 aromatic carbocycles. The van der Waals surface area contributed by atoms with Gasteiger partial charge in [0.1, 0.15) is 10.2 Å². The summed E-state index contributed by atoms with van der Waals surface area (Å²) in [5.74, 6) is 1.39. The number of aromatic nitrogens is 3. The molecule has 0 saturated heterocycles. The maximum atomic E-state index is 5.89. The summed E-state index contributed by atoms with van der Waals surface area (Å²) < 4.78 is 1.55. The van der Waals surface area contributed by atoms with Crippen molar-refractivity contribution in [2.45, 2.75) is 19.8 Å². The average molecular weight is 348 g/mol. The van der Waals surface area contributed by atoms with Gasteiger partial charge in [-0.25, -0.2) is 15.0 Å². The lowest BCUT2D eigenvalue weighted by Crippen LogP contribution is -2.03. The van der Waals surface area contributed by atoms with Gasteiger partial charge in [-0.3, -0.25) is 0 Å². The van der Waals surface area contributed by atoms with E-state index in [4.69, 9.17) is 11.6 Å². The first kappa shape index (κ1) is 13.7. The minimum Gasteiger partial charge on any atom is -0.372 e. The number of aryl methyl sites for hydroxylation is 1. The minimum atomic E-state index is 0.614. The molecule has 0 amide bonds. The molecular formula is C11H12BrClN4S. The molecule has 0 aliphatic rings. The zero-order chi connectivity index (χ0) is 13.1. The lowest BCUT2D eigenvalue weighted by molar-refractivity contribution is 0.868. The van der Waals surface area contributed by atoms with E-state index < -0.39 is 0 Å². The summed E-state index contributed by atoms with van der Waals surface area (Å²) in [5.41, 5.74) is 0.984.